The first kappa shape index (κ1) is 26.1. The standard InChI is InChI=1S/C46H28O/c1-2-13-29(14-3-1)32-21-10-24-40-41-25-12-26-42(46(41)47-45(32)40)44-38-19-8-6-17-36(38)43(37-18-7-9-20-39(37)44)35-23-11-22-33-31-16-5-4-15-30(31)27-28-34(33)35/h1-28H. The Balaban J connectivity index is 1.31. The van der Waals surface area contributed by atoms with E-state index >= 15 is 0 Å². The molecule has 0 aliphatic rings. The van der Waals surface area contributed by atoms with Gasteiger partial charge in [0.15, 0.2) is 0 Å². The highest BCUT2D eigenvalue weighted by molar-refractivity contribution is 6.27. The zero-order valence-corrected chi connectivity index (χ0v) is 25.6. The Kier molecular flexibility index (Phi) is 5.64. The molecule has 10 aromatic rings. The summed E-state index contributed by atoms with van der Waals surface area (Å²) in [4.78, 5) is 0. The number of para-hydroxylation sites is 2. The zero-order valence-electron chi connectivity index (χ0n) is 25.6. The van der Waals surface area contributed by atoms with Gasteiger partial charge < -0.3 is 4.42 Å². The average Bonchev–Trinajstić information content (AvgIpc) is 3.53. The van der Waals surface area contributed by atoms with E-state index in [4.69, 9.17) is 4.42 Å². The smallest absolute Gasteiger partial charge is 0.143 e. The van der Waals surface area contributed by atoms with E-state index in [-0.39, 0.29) is 0 Å². The maximum absolute atomic E-state index is 6.93. The highest BCUT2D eigenvalue weighted by Gasteiger charge is 2.22. The lowest BCUT2D eigenvalue weighted by Gasteiger charge is -2.19. The topological polar surface area (TPSA) is 13.1 Å². The van der Waals surface area contributed by atoms with Crippen molar-refractivity contribution in [1.82, 2.24) is 0 Å². The van der Waals surface area contributed by atoms with Crippen LogP contribution in [0.4, 0.5) is 0 Å². The minimum Gasteiger partial charge on any atom is -0.455 e. The lowest BCUT2D eigenvalue weighted by molar-refractivity contribution is 0.671. The van der Waals surface area contributed by atoms with Crippen molar-refractivity contribution >= 4 is 65.0 Å². The first-order valence-corrected chi connectivity index (χ1v) is 16.2. The molecule has 1 heteroatoms. The molecule has 9 aromatic carbocycles. The second-order valence-corrected chi connectivity index (χ2v) is 12.4. The van der Waals surface area contributed by atoms with Crippen molar-refractivity contribution in [3.8, 4) is 33.4 Å². The van der Waals surface area contributed by atoms with Crippen molar-refractivity contribution in [2.75, 3.05) is 0 Å². The van der Waals surface area contributed by atoms with E-state index in [1.165, 1.54) is 59.8 Å². The number of fused-ring (bicyclic) bond motifs is 8. The Morgan fingerprint density at radius 2 is 0.723 bits per heavy atom. The fourth-order valence-electron chi connectivity index (χ4n) is 7.83. The first-order valence-electron chi connectivity index (χ1n) is 16.2. The predicted molar refractivity (Wildman–Crippen MR) is 200 cm³/mol. The lowest BCUT2D eigenvalue weighted by Crippen LogP contribution is -1.92. The Bertz CT molecular complexity index is 2780. The number of benzene rings is 9. The number of hydrogen-bond donors (Lipinski definition) is 0. The minimum atomic E-state index is 0.922. The SMILES string of the molecule is c1ccc(-c2cccc3c2oc2c(-c4c5ccccc5c(-c5cccc6c5ccc5ccccc56)c5ccccc45)cccc23)cc1. The fraction of sp³-hybridized carbons (Fsp3) is 0. The van der Waals surface area contributed by atoms with Crippen LogP contribution >= 0.6 is 0 Å². The second-order valence-electron chi connectivity index (χ2n) is 12.4. The molecule has 0 aliphatic heterocycles. The highest BCUT2D eigenvalue weighted by Crippen LogP contribution is 2.48. The monoisotopic (exact) mass is 596 g/mol. The van der Waals surface area contributed by atoms with E-state index in [1.807, 2.05) is 0 Å². The maximum atomic E-state index is 6.93. The van der Waals surface area contributed by atoms with Crippen LogP contribution in [0.15, 0.2) is 174 Å². The molecule has 0 atom stereocenters. The van der Waals surface area contributed by atoms with Gasteiger partial charge in [-0.1, -0.05) is 170 Å². The summed E-state index contributed by atoms with van der Waals surface area (Å²) in [7, 11) is 0. The van der Waals surface area contributed by atoms with E-state index < -0.39 is 0 Å². The molecule has 0 amide bonds. The summed E-state index contributed by atoms with van der Waals surface area (Å²) in [5.41, 5.74) is 8.95. The molecule has 47 heavy (non-hydrogen) atoms. The van der Waals surface area contributed by atoms with Gasteiger partial charge in [-0.2, -0.15) is 0 Å². The van der Waals surface area contributed by atoms with Crippen LogP contribution in [0, 0.1) is 0 Å². The van der Waals surface area contributed by atoms with Crippen LogP contribution in [-0.2, 0) is 0 Å². The molecular formula is C46H28O. The van der Waals surface area contributed by atoms with Crippen LogP contribution in [0.25, 0.3) is 98.4 Å². The summed E-state index contributed by atoms with van der Waals surface area (Å²) in [6.07, 6.45) is 0. The molecule has 0 aliphatic carbocycles. The Morgan fingerprint density at radius 1 is 0.255 bits per heavy atom. The lowest BCUT2D eigenvalue weighted by atomic mass is 9.84. The summed E-state index contributed by atoms with van der Waals surface area (Å²) < 4.78 is 6.93. The molecule has 0 N–H and O–H groups in total. The highest BCUT2D eigenvalue weighted by atomic mass is 16.3. The quantitative estimate of drug-likeness (QED) is 0.146. The molecule has 0 saturated carbocycles. The minimum absolute atomic E-state index is 0.922. The zero-order chi connectivity index (χ0) is 30.9. The van der Waals surface area contributed by atoms with E-state index in [0.29, 0.717) is 0 Å². The molecule has 0 radical (unpaired) electrons. The van der Waals surface area contributed by atoms with Gasteiger partial charge in [-0.15, -0.1) is 0 Å². The largest absolute Gasteiger partial charge is 0.455 e. The molecule has 1 nitrogen and oxygen atoms in total. The normalized spacial score (nSPS) is 11.8. The number of rotatable bonds is 3. The third-order valence-electron chi connectivity index (χ3n) is 9.87. The van der Waals surface area contributed by atoms with Crippen molar-refractivity contribution in [2.45, 2.75) is 0 Å². The molecule has 0 unspecified atom stereocenters. The molecule has 1 heterocycles. The second kappa shape index (κ2) is 10.2. The van der Waals surface area contributed by atoms with Gasteiger partial charge in [0.2, 0.25) is 0 Å². The van der Waals surface area contributed by atoms with Gasteiger partial charge in [-0.05, 0) is 59.8 Å². The molecule has 218 valence electrons. The molecule has 0 fully saturated rings. The summed E-state index contributed by atoms with van der Waals surface area (Å²) in [6.45, 7) is 0. The van der Waals surface area contributed by atoms with Crippen LogP contribution < -0.4 is 0 Å². The average molecular weight is 597 g/mol. The third-order valence-corrected chi connectivity index (χ3v) is 9.87. The molecule has 10 rings (SSSR count). The van der Waals surface area contributed by atoms with Crippen molar-refractivity contribution in [3.05, 3.63) is 170 Å². The third kappa shape index (κ3) is 3.84. The van der Waals surface area contributed by atoms with E-state index in [0.717, 1.165) is 38.6 Å². The Hall–Kier alpha value is -6.18. The van der Waals surface area contributed by atoms with Crippen LogP contribution in [0.2, 0.25) is 0 Å². The molecule has 1 aromatic heterocycles. The van der Waals surface area contributed by atoms with Gasteiger partial charge in [-0.25, -0.2) is 0 Å². The van der Waals surface area contributed by atoms with E-state index in [2.05, 4.69) is 170 Å². The van der Waals surface area contributed by atoms with Gasteiger partial charge >= 0.3 is 0 Å². The van der Waals surface area contributed by atoms with E-state index in [1.54, 1.807) is 0 Å². The van der Waals surface area contributed by atoms with Crippen molar-refractivity contribution in [3.63, 3.8) is 0 Å². The van der Waals surface area contributed by atoms with Gasteiger partial charge in [0.25, 0.3) is 0 Å². The summed E-state index contributed by atoms with van der Waals surface area (Å²) >= 11 is 0. The maximum Gasteiger partial charge on any atom is 0.143 e. The molecule has 0 bridgehead atoms. The first-order chi connectivity index (χ1) is 23.3. The molecule has 0 saturated heterocycles. The summed E-state index contributed by atoms with van der Waals surface area (Å²) in [5, 5.41) is 12.3. The number of furan rings is 1. The van der Waals surface area contributed by atoms with Crippen LogP contribution in [-0.4, -0.2) is 0 Å². The van der Waals surface area contributed by atoms with Crippen molar-refractivity contribution < 1.29 is 4.42 Å². The van der Waals surface area contributed by atoms with Crippen LogP contribution in [0.5, 0.6) is 0 Å². The van der Waals surface area contributed by atoms with Gasteiger partial charge in [0.05, 0.1) is 0 Å². The van der Waals surface area contributed by atoms with Crippen LogP contribution in [0.1, 0.15) is 0 Å². The van der Waals surface area contributed by atoms with Gasteiger partial charge in [0, 0.05) is 27.5 Å². The van der Waals surface area contributed by atoms with Crippen molar-refractivity contribution in [2.24, 2.45) is 0 Å². The molecular weight excluding hydrogens is 569 g/mol. The molecule has 0 spiro atoms. The van der Waals surface area contributed by atoms with Crippen LogP contribution in [0.3, 0.4) is 0 Å². The Labute approximate surface area is 271 Å². The fourth-order valence-corrected chi connectivity index (χ4v) is 7.83. The Morgan fingerprint density at radius 3 is 1.38 bits per heavy atom. The van der Waals surface area contributed by atoms with Gasteiger partial charge in [0.1, 0.15) is 11.2 Å². The van der Waals surface area contributed by atoms with Crippen molar-refractivity contribution in [1.29, 1.82) is 0 Å². The summed E-state index contributed by atoms with van der Waals surface area (Å²) in [6, 6.07) is 61.4. The predicted octanol–water partition coefficient (Wildman–Crippen LogP) is 13.2. The summed E-state index contributed by atoms with van der Waals surface area (Å²) in [5.74, 6) is 0. The van der Waals surface area contributed by atoms with Gasteiger partial charge in [-0.3, -0.25) is 0 Å². The van der Waals surface area contributed by atoms with E-state index in [9.17, 15) is 0 Å². The number of hydrogen-bond acceptors (Lipinski definition) is 1.